The van der Waals surface area contributed by atoms with E-state index in [0.717, 1.165) is 5.56 Å². The summed E-state index contributed by atoms with van der Waals surface area (Å²) in [5.41, 5.74) is 2.90. The molecule has 2 aromatic carbocycles. The van der Waals surface area contributed by atoms with Gasteiger partial charge in [0.25, 0.3) is 0 Å². The van der Waals surface area contributed by atoms with Gasteiger partial charge in [0.05, 0.1) is 34.6 Å². The van der Waals surface area contributed by atoms with Crippen molar-refractivity contribution in [3.63, 3.8) is 0 Å². The van der Waals surface area contributed by atoms with Gasteiger partial charge in [0, 0.05) is 0 Å². The van der Waals surface area contributed by atoms with Crippen LogP contribution >= 0.6 is 23.2 Å². The fraction of sp³-hybridized carbons (Fsp3) is 0.188. The maximum absolute atomic E-state index is 12.0. The molecule has 0 fully saturated rings. The van der Waals surface area contributed by atoms with Crippen LogP contribution in [0.5, 0.6) is 0 Å². The highest BCUT2D eigenvalue weighted by molar-refractivity contribution is 6.34. The maximum Gasteiger partial charge on any atom is 0.243 e. The van der Waals surface area contributed by atoms with Crippen molar-refractivity contribution in [3.8, 4) is 0 Å². The smallest absolute Gasteiger partial charge is 0.243 e. The third kappa shape index (κ3) is 4.37. The first-order valence-corrected chi connectivity index (χ1v) is 7.44. The van der Waals surface area contributed by atoms with E-state index in [1.165, 1.54) is 0 Å². The van der Waals surface area contributed by atoms with Gasteiger partial charge in [0.2, 0.25) is 5.91 Å². The van der Waals surface area contributed by atoms with Crippen LogP contribution in [0.1, 0.15) is 11.1 Å². The summed E-state index contributed by atoms with van der Waals surface area (Å²) in [6, 6.07) is 10.5. The van der Waals surface area contributed by atoms with E-state index in [0.29, 0.717) is 27.0 Å². The number of carbonyl (C=O) groups is 1. The molecule has 0 atom stereocenters. The van der Waals surface area contributed by atoms with Crippen LogP contribution in [0.3, 0.4) is 0 Å². The predicted octanol–water partition coefficient (Wildman–Crippen LogP) is 3.84. The van der Waals surface area contributed by atoms with Gasteiger partial charge in [-0.2, -0.15) is 0 Å². The minimum Gasteiger partial charge on any atom is -0.392 e. The van der Waals surface area contributed by atoms with Gasteiger partial charge in [-0.25, -0.2) is 0 Å². The Hall–Kier alpha value is -1.75. The Labute approximate surface area is 139 Å². The Morgan fingerprint density at radius 1 is 1.09 bits per heavy atom. The molecule has 0 saturated carbocycles. The van der Waals surface area contributed by atoms with Crippen molar-refractivity contribution in [1.29, 1.82) is 0 Å². The summed E-state index contributed by atoms with van der Waals surface area (Å²) in [5, 5.41) is 15.8. The van der Waals surface area contributed by atoms with Crippen LogP contribution in [0, 0.1) is 6.92 Å². The van der Waals surface area contributed by atoms with Gasteiger partial charge in [0.1, 0.15) is 0 Å². The van der Waals surface area contributed by atoms with Gasteiger partial charge in [0.15, 0.2) is 0 Å². The number of rotatable bonds is 5. The van der Waals surface area contributed by atoms with Crippen molar-refractivity contribution in [2.45, 2.75) is 13.5 Å². The average molecular weight is 339 g/mol. The number of aliphatic hydroxyl groups is 1. The molecule has 0 radical (unpaired) electrons. The molecule has 22 heavy (non-hydrogen) atoms. The van der Waals surface area contributed by atoms with E-state index in [9.17, 15) is 4.79 Å². The molecule has 0 spiro atoms. The summed E-state index contributed by atoms with van der Waals surface area (Å²) in [6.45, 7) is 1.88. The summed E-state index contributed by atoms with van der Waals surface area (Å²) in [5.74, 6) is -0.240. The van der Waals surface area contributed by atoms with E-state index < -0.39 is 0 Å². The van der Waals surface area contributed by atoms with E-state index in [4.69, 9.17) is 28.3 Å². The fourth-order valence-corrected chi connectivity index (χ4v) is 2.36. The zero-order chi connectivity index (χ0) is 16.1. The van der Waals surface area contributed by atoms with Crippen LogP contribution in [0.2, 0.25) is 10.0 Å². The largest absolute Gasteiger partial charge is 0.392 e. The number of amides is 1. The minimum atomic E-state index is -0.240. The molecule has 6 heteroatoms. The zero-order valence-corrected chi connectivity index (χ0v) is 13.5. The summed E-state index contributed by atoms with van der Waals surface area (Å²) in [4.78, 5) is 12.0. The third-order valence-corrected chi connectivity index (χ3v) is 3.69. The molecular weight excluding hydrogens is 323 g/mol. The molecule has 0 saturated heterocycles. The topological polar surface area (TPSA) is 61.4 Å². The van der Waals surface area contributed by atoms with Crippen LogP contribution < -0.4 is 10.6 Å². The molecule has 2 aromatic rings. The molecule has 0 aliphatic rings. The minimum absolute atomic E-state index is 0.0405. The molecule has 0 aliphatic carbocycles. The summed E-state index contributed by atoms with van der Waals surface area (Å²) in [6.07, 6.45) is 0. The van der Waals surface area contributed by atoms with E-state index in [1.807, 2.05) is 13.0 Å². The number of anilines is 2. The Balaban J connectivity index is 1.98. The zero-order valence-electron chi connectivity index (χ0n) is 12.0. The lowest BCUT2D eigenvalue weighted by molar-refractivity contribution is -0.114. The average Bonchev–Trinajstić information content (AvgIpc) is 2.49. The standard InChI is InChI=1S/C16H16Cl2N2O2/c1-10-2-5-14(13(18)6-10)20-16(22)8-19-15-7-11(9-21)3-4-12(15)17/h2-7,19,21H,8-9H2,1H3,(H,20,22). The van der Waals surface area contributed by atoms with Gasteiger partial charge >= 0.3 is 0 Å². The van der Waals surface area contributed by atoms with Crippen molar-refractivity contribution < 1.29 is 9.90 Å². The van der Waals surface area contributed by atoms with E-state index in [2.05, 4.69) is 10.6 Å². The quantitative estimate of drug-likeness (QED) is 0.776. The van der Waals surface area contributed by atoms with Crippen molar-refractivity contribution in [2.24, 2.45) is 0 Å². The highest BCUT2D eigenvalue weighted by Gasteiger charge is 2.08. The third-order valence-electron chi connectivity index (χ3n) is 3.05. The number of carbonyl (C=O) groups excluding carboxylic acids is 1. The van der Waals surface area contributed by atoms with Crippen molar-refractivity contribution >= 4 is 40.5 Å². The van der Waals surface area contributed by atoms with Crippen molar-refractivity contribution in [3.05, 3.63) is 57.6 Å². The van der Waals surface area contributed by atoms with Gasteiger partial charge in [-0.1, -0.05) is 35.3 Å². The van der Waals surface area contributed by atoms with Crippen LogP contribution in [0.25, 0.3) is 0 Å². The fourth-order valence-electron chi connectivity index (χ4n) is 1.90. The van der Waals surface area contributed by atoms with Gasteiger partial charge < -0.3 is 15.7 Å². The SMILES string of the molecule is Cc1ccc(NC(=O)CNc2cc(CO)ccc2Cl)c(Cl)c1. The molecule has 116 valence electrons. The van der Waals surface area contributed by atoms with Gasteiger partial charge in [-0.15, -0.1) is 0 Å². The van der Waals surface area contributed by atoms with Crippen LogP contribution in [0.15, 0.2) is 36.4 Å². The van der Waals surface area contributed by atoms with Crippen molar-refractivity contribution in [1.82, 2.24) is 0 Å². The molecule has 2 rings (SSSR count). The maximum atomic E-state index is 12.0. The number of halogens is 2. The Kier molecular flexibility index (Phi) is 5.66. The highest BCUT2D eigenvalue weighted by Crippen LogP contribution is 2.24. The normalized spacial score (nSPS) is 10.4. The van der Waals surface area contributed by atoms with Crippen LogP contribution in [-0.4, -0.2) is 17.6 Å². The summed E-state index contributed by atoms with van der Waals surface area (Å²) >= 11 is 12.1. The predicted molar refractivity (Wildman–Crippen MR) is 90.7 cm³/mol. The van der Waals surface area contributed by atoms with E-state index in [-0.39, 0.29) is 19.1 Å². The Morgan fingerprint density at radius 3 is 2.55 bits per heavy atom. The molecule has 0 bridgehead atoms. The first-order valence-electron chi connectivity index (χ1n) is 6.69. The second-order valence-electron chi connectivity index (χ2n) is 4.86. The molecule has 1 amide bonds. The molecule has 0 heterocycles. The number of aryl methyl sites for hydroxylation is 1. The first kappa shape index (κ1) is 16.6. The van der Waals surface area contributed by atoms with Crippen LogP contribution in [-0.2, 0) is 11.4 Å². The highest BCUT2D eigenvalue weighted by atomic mass is 35.5. The number of hydrogen-bond donors (Lipinski definition) is 3. The number of hydrogen-bond acceptors (Lipinski definition) is 3. The second kappa shape index (κ2) is 7.49. The number of nitrogens with one attached hydrogen (secondary N) is 2. The van der Waals surface area contributed by atoms with Crippen LogP contribution in [0.4, 0.5) is 11.4 Å². The lowest BCUT2D eigenvalue weighted by atomic mass is 10.2. The molecular formula is C16H16Cl2N2O2. The number of aliphatic hydroxyl groups excluding tert-OH is 1. The first-order chi connectivity index (χ1) is 10.5. The second-order valence-corrected chi connectivity index (χ2v) is 5.67. The number of benzene rings is 2. The Bertz CT molecular complexity index is 690. The monoisotopic (exact) mass is 338 g/mol. The molecule has 0 unspecified atom stereocenters. The lowest BCUT2D eigenvalue weighted by Gasteiger charge is -2.11. The summed E-state index contributed by atoms with van der Waals surface area (Å²) < 4.78 is 0. The summed E-state index contributed by atoms with van der Waals surface area (Å²) in [7, 11) is 0. The van der Waals surface area contributed by atoms with E-state index in [1.54, 1.807) is 30.3 Å². The van der Waals surface area contributed by atoms with Crippen molar-refractivity contribution in [2.75, 3.05) is 17.2 Å². The molecule has 0 aliphatic heterocycles. The lowest BCUT2D eigenvalue weighted by Crippen LogP contribution is -2.22. The molecule has 3 N–H and O–H groups in total. The van der Waals surface area contributed by atoms with Gasteiger partial charge in [-0.05, 0) is 42.3 Å². The Morgan fingerprint density at radius 2 is 1.86 bits per heavy atom. The van der Waals surface area contributed by atoms with E-state index >= 15 is 0 Å². The molecule has 4 nitrogen and oxygen atoms in total. The molecule has 0 aromatic heterocycles. The van der Waals surface area contributed by atoms with Gasteiger partial charge in [-0.3, -0.25) is 4.79 Å².